The van der Waals surface area contributed by atoms with Crippen LogP contribution in [0.5, 0.6) is 0 Å². The SMILES string of the molecule is CCCN(CC1CCCNC1)C(=O)c1cc(Cl)ccc1Cl. The summed E-state index contributed by atoms with van der Waals surface area (Å²) in [7, 11) is 0. The Balaban J connectivity index is 2.12. The maximum Gasteiger partial charge on any atom is 0.255 e. The van der Waals surface area contributed by atoms with Crippen LogP contribution in [0.25, 0.3) is 0 Å². The highest BCUT2D eigenvalue weighted by Gasteiger charge is 2.22. The monoisotopic (exact) mass is 328 g/mol. The molecule has 1 aromatic rings. The van der Waals surface area contributed by atoms with Gasteiger partial charge in [0.05, 0.1) is 10.6 Å². The average Bonchev–Trinajstić information content (AvgIpc) is 2.49. The lowest BCUT2D eigenvalue weighted by Gasteiger charge is -2.30. The summed E-state index contributed by atoms with van der Waals surface area (Å²) in [6.45, 7) is 5.68. The molecule has 0 aliphatic carbocycles. The van der Waals surface area contributed by atoms with Crippen molar-refractivity contribution in [2.24, 2.45) is 5.92 Å². The number of piperidine rings is 1. The van der Waals surface area contributed by atoms with E-state index < -0.39 is 0 Å². The van der Waals surface area contributed by atoms with Gasteiger partial charge in [0.25, 0.3) is 5.91 Å². The van der Waals surface area contributed by atoms with Gasteiger partial charge in [0.15, 0.2) is 0 Å². The molecule has 116 valence electrons. The van der Waals surface area contributed by atoms with Gasteiger partial charge in [-0.25, -0.2) is 0 Å². The van der Waals surface area contributed by atoms with E-state index in [1.807, 2.05) is 4.90 Å². The number of hydrogen-bond donors (Lipinski definition) is 1. The van der Waals surface area contributed by atoms with Crippen molar-refractivity contribution in [2.75, 3.05) is 26.2 Å². The normalized spacial score (nSPS) is 18.5. The van der Waals surface area contributed by atoms with Crippen LogP contribution in [0, 0.1) is 5.92 Å². The number of benzene rings is 1. The molecule has 1 amide bonds. The van der Waals surface area contributed by atoms with Gasteiger partial charge < -0.3 is 10.2 Å². The number of rotatable bonds is 5. The summed E-state index contributed by atoms with van der Waals surface area (Å²) in [6.07, 6.45) is 3.28. The van der Waals surface area contributed by atoms with Crippen molar-refractivity contribution in [3.05, 3.63) is 33.8 Å². The van der Waals surface area contributed by atoms with Crippen molar-refractivity contribution in [1.29, 1.82) is 0 Å². The second-order valence-corrected chi connectivity index (χ2v) is 6.43. The first-order chi connectivity index (χ1) is 10.1. The van der Waals surface area contributed by atoms with Gasteiger partial charge in [-0.15, -0.1) is 0 Å². The van der Waals surface area contributed by atoms with Crippen LogP contribution >= 0.6 is 23.2 Å². The fourth-order valence-electron chi connectivity index (χ4n) is 2.77. The molecule has 1 aliphatic heterocycles. The van der Waals surface area contributed by atoms with Crippen molar-refractivity contribution in [3.63, 3.8) is 0 Å². The number of carbonyl (C=O) groups excluding carboxylic acids is 1. The van der Waals surface area contributed by atoms with E-state index in [0.717, 1.165) is 32.6 Å². The average molecular weight is 329 g/mol. The summed E-state index contributed by atoms with van der Waals surface area (Å²) in [5.41, 5.74) is 0.501. The Morgan fingerprint density at radius 1 is 1.43 bits per heavy atom. The first-order valence-corrected chi connectivity index (χ1v) is 8.32. The Morgan fingerprint density at radius 2 is 2.24 bits per heavy atom. The van der Waals surface area contributed by atoms with E-state index in [1.54, 1.807) is 18.2 Å². The summed E-state index contributed by atoms with van der Waals surface area (Å²) in [5.74, 6) is 0.502. The van der Waals surface area contributed by atoms with E-state index in [2.05, 4.69) is 12.2 Å². The molecule has 5 heteroatoms. The number of carbonyl (C=O) groups is 1. The standard InChI is InChI=1S/C16H22Cl2N2O/c1-2-8-20(11-12-4-3-7-19-10-12)16(21)14-9-13(17)5-6-15(14)18/h5-6,9,12,19H,2-4,7-8,10-11H2,1H3. The summed E-state index contributed by atoms with van der Waals surface area (Å²) >= 11 is 12.2. The molecule has 1 heterocycles. The second kappa shape index (κ2) is 8.02. The molecule has 0 radical (unpaired) electrons. The minimum Gasteiger partial charge on any atom is -0.338 e. The van der Waals surface area contributed by atoms with Gasteiger partial charge in [-0.2, -0.15) is 0 Å². The molecule has 1 unspecified atom stereocenters. The van der Waals surface area contributed by atoms with E-state index in [9.17, 15) is 4.79 Å². The largest absolute Gasteiger partial charge is 0.338 e. The van der Waals surface area contributed by atoms with Crippen molar-refractivity contribution in [3.8, 4) is 0 Å². The van der Waals surface area contributed by atoms with Gasteiger partial charge in [0, 0.05) is 18.1 Å². The van der Waals surface area contributed by atoms with Crippen LogP contribution in [0.15, 0.2) is 18.2 Å². The first kappa shape index (κ1) is 16.6. The topological polar surface area (TPSA) is 32.3 Å². The van der Waals surface area contributed by atoms with Crippen molar-refractivity contribution < 1.29 is 4.79 Å². The van der Waals surface area contributed by atoms with E-state index in [1.165, 1.54) is 12.8 Å². The molecule has 1 fully saturated rings. The molecule has 21 heavy (non-hydrogen) atoms. The van der Waals surface area contributed by atoms with Crippen LogP contribution in [0.2, 0.25) is 10.0 Å². The van der Waals surface area contributed by atoms with E-state index in [-0.39, 0.29) is 5.91 Å². The molecule has 1 aliphatic rings. The minimum atomic E-state index is -0.0186. The van der Waals surface area contributed by atoms with Crippen LogP contribution < -0.4 is 5.32 Å². The molecular weight excluding hydrogens is 307 g/mol. The number of nitrogens with one attached hydrogen (secondary N) is 1. The Morgan fingerprint density at radius 3 is 2.90 bits per heavy atom. The summed E-state index contributed by atoms with van der Waals surface area (Å²) in [5, 5.41) is 4.40. The van der Waals surface area contributed by atoms with Crippen molar-refractivity contribution >= 4 is 29.1 Å². The first-order valence-electron chi connectivity index (χ1n) is 7.57. The van der Waals surface area contributed by atoms with Crippen LogP contribution in [0.3, 0.4) is 0 Å². The van der Waals surface area contributed by atoms with Crippen LogP contribution in [-0.4, -0.2) is 37.0 Å². The van der Waals surface area contributed by atoms with Gasteiger partial charge in [0.2, 0.25) is 0 Å². The van der Waals surface area contributed by atoms with Gasteiger partial charge in [-0.05, 0) is 56.5 Å². The maximum absolute atomic E-state index is 12.7. The molecule has 0 saturated carbocycles. The summed E-state index contributed by atoms with van der Waals surface area (Å²) < 4.78 is 0. The minimum absolute atomic E-state index is 0.0186. The zero-order chi connectivity index (χ0) is 15.2. The molecule has 1 N–H and O–H groups in total. The number of hydrogen-bond acceptors (Lipinski definition) is 2. The Labute approximate surface area is 136 Å². The Hall–Kier alpha value is -0.770. The predicted molar refractivity (Wildman–Crippen MR) is 88.3 cm³/mol. The fourth-order valence-corrected chi connectivity index (χ4v) is 3.14. The third kappa shape index (κ3) is 4.60. The van der Waals surface area contributed by atoms with Gasteiger partial charge in [-0.1, -0.05) is 30.1 Å². The molecule has 2 rings (SSSR count). The van der Waals surface area contributed by atoms with E-state index >= 15 is 0 Å². The Bertz CT molecular complexity index is 487. The lowest BCUT2D eigenvalue weighted by Crippen LogP contribution is -2.41. The summed E-state index contributed by atoms with van der Waals surface area (Å²) in [6, 6.07) is 5.05. The zero-order valence-corrected chi connectivity index (χ0v) is 13.9. The molecule has 0 bridgehead atoms. The molecular formula is C16H22Cl2N2O. The lowest BCUT2D eigenvalue weighted by molar-refractivity contribution is 0.0719. The molecule has 1 atom stereocenters. The molecule has 1 saturated heterocycles. The second-order valence-electron chi connectivity index (χ2n) is 5.59. The van der Waals surface area contributed by atoms with E-state index in [4.69, 9.17) is 23.2 Å². The van der Waals surface area contributed by atoms with E-state index in [0.29, 0.717) is 21.5 Å². The highest BCUT2D eigenvalue weighted by molar-refractivity contribution is 6.35. The lowest BCUT2D eigenvalue weighted by atomic mass is 9.98. The van der Waals surface area contributed by atoms with Gasteiger partial charge in [-0.3, -0.25) is 4.79 Å². The predicted octanol–water partition coefficient (Wildman–Crippen LogP) is 3.85. The molecule has 3 nitrogen and oxygen atoms in total. The van der Waals surface area contributed by atoms with Crippen LogP contribution in [0.1, 0.15) is 36.5 Å². The van der Waals surface area contributed by atoms with Crippen LogP contribution in [-0.2, 0) is 0 Å². The molecule has 0 spiro atoms. The zero-order valence-electron chi connectivity index (χ0n) is 12.4. The number of nitrogens with zero attached hydrogens (tertiary/aromatic N) is 1. The smallest absolute Gasteiger partial charge is 0.255 e. The quantitative estimate of drug-likeness (QED) is 0.890. The van der Waals surface area contributed by atoms with Crippen molar-refractivity contribution in [1.82, 2.24) is 10.2 Å². The number of halogens is 2. The third-order valence-corrected chi connectivity index (χ3v) is 4.38. The molecule has 0 aromatic heterocycles. The van der Waals surface area contributed by atoms with Crippen LogP contribution in [0.4, 0.5) is 0 Å². The molecule has 1 aromatic carbocycles. The number of amides is 1. The summed E-state index contributed by atoms with van der Waals surface area (Å²) in [4.78, 5) is 14.7. The fraction of sp³-hybridized carbons (Fsp3) is 0.562. The van der Waals surface area contributed by atoms with Gasteiger partial charge in [0.1, 0.15) is 0 Å². The maximum atomic E-state index is 12.7. The van der Waals surface area contributed by atoms with Crippen molar-refractivity contribution in [2.45, 2.75) is 26.2 Å². The highest BCUT2D eigenvalue weighted by Crippen LogP contribution is 2.23. The highest BCUT2D eigenvalue weighted by atomic mass is 35.5. The Kier molecular flexibility index (Phi) is 6.34. The van der Waals surface area contributed by atoms with Gasteiger partial charge >= 0.3 is 0 Å². The third-order valence-electron chi connectivity index (χ3n) is 3.82.